The molecule has 4 rings (SSSR count). The van der Waals surface area contributed by atoms with Crippen LogP contribution < -0.4 is 5.32 Å². The average Bonchev–Trinajstić information content (AvgIpc) is 3.07. The first-order valence-corrected chi connectivity index (χ1v) is 8.75. The van der Waals surface area contributed by atoms with Gasteiger partial charge in [-0.05, 0) is 18.2 Å². The molecule has 1 aromatic heterocycles. The number of rotatable bonds is 5. The van der Waals surface area contributed by atoms with E-state index in [4.69, 9.17) is 0 Å². The van der Waals surface area contributed by atoms with Gasteiger partial charge in [0.05, 0.1) is 0 Å². The van der Waals surface area contributed by atoms with E-state index < -0.39 is 0 Å². The summed E-state index contributed by atoms with van der Waals surface area (Å²) in [5.41, 5.74) is 2.85. The Kier molecular flexibility index (Phi) is 4.54. The summed E-state index contributed by atoms with van der Waals surface area (Å²) < 4.78 is 1.82. The highest BCUT2D eigenvalue weighted by Crippen LogP contribution is 2.24. The molecule has 0 fully saturated rings. The van der Waals surface area contributed by atoms with Crippen molar-refractivity contribution >= 4 is 28.3 Å². The lowest BCUT2D eigenvalue weighted by Crippen LogP contribution is -2.18. The van der Waals surface area contributed by atoms with E-state index in [-0.39, 0.29) is 18.2 Å². The van der Waals surface area contributed by atoms with Gasteiger partial charge in [0, 0.05) is 33.9 Å². The first-order chi connectivity index (χ1) is 13.2. The summed E-state index contributed by atoms with van der Waals surface area (Å²) in [6, 6.07) is 26.2. The predicted octanol–water partition coefficient (Wildman–Crippen LogP) is 4.51. The molecule has 132 valence electrons. The molecule has 1 amide bonds. The van der Waals surface area contributed by atoms with Gasteiger partial charge in [0.1, 0.15) is 6.54 Å². The number of carbonyl (C=O) groups excluding carboxylic acids is 2. The molecule has 0 atom stereocenters. The molecule has 0 aliphatic rings. The topological polar surface area (TPSA) is 51.1 Å². The lowest BCUT2D eigenvalue weighted by Gasteiger charge is -2.07. The molecule has 27 heavy (non-hydrogen) atoms. The third-order valence-electron chi connectivity index (χ3n) is 4.44. The molecule has 0 bridgehead atoms. The maximum atomic E-state index is 12.9. The molecule has 1 N–H and O–H groups in total. The number of nitrogens with zero attached hydrogens (tertiary/aromatic N) is 1. The van der Waals surface area contributed by atoms with Crippen molar-refractivity contribution in [2.75, 3.05) is 5.32 Å². The molecular weight excluding hydrogens is 336 g/mol. The second kappa shape index (κ2) is 7.30. The summed E-state index contributed by atoms with van der Waals surface area (Å²) in [6.07, 6.45) is 1.77. The highest BCUT2D eigenvalue weighted by Gasteiger charge is 2.17. The van der Waals surface area contributed by atoms with Gasteiger partial charge >= 0.3 is 0 Å². The number of fused-ring (bicyclic) bond motifs is 1. The molecule has 4 heteroatoms. The summed E-state index contributed by atoms with van der Waals surface area (Å²) in [5, 5.41) is 3.73. The quantitative estimate of drug-likeness (QED) is 0.536. The van der Waals surface area contributed by atoms with Crippen LogP contribution in [0.4, 0.5) is 5.69 Å². The lowest BCUT2D eigenvalue weighted by molar-refractivity contribution is -0.116. The van der Waals surface area contributed by atoms with E-state index in [0.717, 1.165) is 16.6 Å². The minimum absolute atomic E-state index is 0.0472. The Labute approximate surface area is 157 Å². The fourth-order valence-electron chi connectivity index (χ4n) is 3.18. The first kappa shape index (κ1) is 16.8. The van der Waals surface area contributed by atoms with E-state index >= 15 is 0 Å². The Balaban J connectivity index is 1.66. The largest absolute Gasteiger partial charge is 0.337 e. The van der Waals surface area contributed by atoms with Crippen LogP contribution in [0.25, 0.3) is 10.9 Å². The van der Waals surface area contributed by atoms with Crippen LogP contribution in [0.1, 0.15) is 15.9 Å². The summed E-state index contributed by atoms with van der Waals surface area (Å²) in [6.45, 7) is 0.136. The Morgan fingerprint density at radius 1 is 0.778 bits per heavy atom. The third-order valence-corrected chi connectivity index (χ3v) is 4.44. The fraction of sp³-hybridized carbons (Fsp3) is 0.0435. The number of anilines is 1. The van der Waals surface area contributed by atoms with Gasteiger partial charge < -0.3 is 9.88 Å². The van der Waals surface area contributed by atoms with E-state index in [1.54, 1.807) is 18.3 Å². The van der Waals surface area contributed by atoms with Crippen molar-refractivity contribution in [3.63, 3.8) is 0 Å². The number of carbonyl (C=O) groups is 2. The lowest BCUT2D eigenvalue weighted by atomic mass is 10.0. The van der Waals surface area contributed by atoms with Crippen LogP contribution in [0.2, 0.25) is 0 Å². The standard InChI is InChI=1S/C23H18N2O2/c26-22(24-18-11-5-2-6-12-18)16-25-15-20(19-13-7-8-14-21(19)25)23(27)17-9-3-1-4-10-17/h1-15H,16H2,(H,24,26). The third kappa shape index (κ3) is 3.51. The summed E-state index contributed by atoms with van der Waals surface area (Å²) >= 11 is 0. The molecule has 0 aliphatic heterocycles. The van der Waals surface area contributed by atoms with Crippen molar-refractivity contribution in [3.8, 4) is 0 Å². The van der Waals surface area contributed by atoms with Crippen molar-refractivity contribution in [1.82, 2.24) is 4.57 Å². The molecule has 4 nitrogen and oxygen atoms in total. The highest BCUT2D eigenvalue weighted by atomic mass is 16.2. The molecule has 0 saturated heterocycles. The number of hydrogen-bond donors (Lipinski definition) is 1. The van der Waals surface area contributed by atoms with E-state index in [2.05, 4.69) is 5.32 Å². The molecule has 0 aliphatic carbocycles. The molecule has 4 aromatic rings. The summed E-state index contributed by atoms with van der Waals surface area (Å²) in [4.78, 5) is 25.4. The number of ketones is 1. The monoisotopic (exact) mass is 354 g/mol. The Morgan fingerprint density at radius 2 is 1.41 bits per heavy atom. The second-order valence-electron chi connectivity index (χ2n) is 6.30. The average molecular weight is 354 g/mol. The van der Waals surface area contributed by atoms with Crippen LogP contribution in [-0.2, 0) is 11.3 Å². The van der Waals surface area contributed by atoms with Gasteiger partial charge in [0.15, 0.2) is 5.78 Å². The van der Waals surface area contributed by atoms with E-state index in [1.807, 2.05) is 77.4 Å². The zero-order valence-corrected chi connectivity index (χ0v) is 14.6. The Bertz CT molecular complexity index is 1100. The number of hydrogen-bond acceptors (Lipinski definition) is 2. The van der Waals surface area contributed by atoms with Crippen molar-refractivity contribution in [2.45, 2.75) is 6.54 Å². The van der Waals surface area contributed by atoms with Crippen molar-refractivity contribution in [3.05, 3.63) is 102 Å². The summed E-state index contributed by atoms with van der Waals surface area (Å²) in [5.74, 6) is -0.185. The van der Waals surface area contributed by atoms with E-state index in [1.165, 1.54) is 0 Å². The number of benzene rings is 3. The second-order valence-corrected chi connectivity index (χ2v) is 6.30. The molecule has 0 radical (unpaired) electrons. The van der Waals surface area contributed by atoms with E-state index in [9.17, 15) is 9.59 Å². The van der Waals surface area contributed by atoms with Gasteiger partial charge in [-0.2, -0.15) is 0 Å². The van der Waals surface area contributed by atoms with Crippen LogP contribution in [0, 0.1) is 0 Å². The molecule has 0 unspecified atom stereocenters. The smallest absolute Gasteiger partial charge is 0.244 e. The number of aromatic nitrogens is 1. The molecule has 1 heterocycles. The van der Waals surface area contributed by atoms with Gasteiger partial charge in [0.25, 0.3) is 0 Å². The minimum Gasteiger partial charge on any atom is -0.337 e. The molecule has 0 saturated carbocycles. The normalized spacial score (nSPS) is 10.7. The van der Waals surface area contributed by atoms with Crippen molar-refractivity contribution in [1.29, 1.82) is 0 Å². The van der Waals surface area contributed by atoms with Crippen LogP contribution in [0.15, 0.2) is 91.1 Å². The van der Waals surface area contributed by atoms with Gasteiger partial charge in [0.2, 0.25) is 5.91 Å². The maximum Gasteiger partial charge on any atom is 0.244 e. The zero-order valence-electron chi connectivity index (χ0n) is 14.6. The maximum absolute atomic E-state index is 12.9. The molecular formula is C23H18N2O2. The number of nitrogens with one attached hydrogen (secondary N) is 1. The molecule has 3 aromatic carbocycles. The van der Waals surface area contributed by atoms with Crippen molar-refractivity contribution < 1.29 is 9.59 Å². The van der Waals surface area contributed by atoms with Crippen molar-refractivity contribution in [2.24, 2.45) is 0 Å². The van der Waals surface area contributed by atoms with Gasteiger partial charge in [-0.3, -0.25) is 9.59 Å². The predicted molar refractivity (Wildman–Crippen MR) is 107 cm³/mol. The Morgan fingerprint density at radius 3 is 2.15 bits per heavy atom. The van der Waals surface area contributed by atoms with Gasteiger partial charge in [-0.1, -0.05) is 66.7 Å². The first-order valence-electron chi connectivity index (χ1n) is 8.75. The van der Waals surface area contributed by atoms with Crippen LogP contribution >= 0.6 is 0 Å². The summed E-state index contributed by atoms with van der Waals surface area (Å²) in [7, 11) is 0. The van der Waals surface area contributed by atoms with Crippen LogP contribution in [-0.4, -0.2) is 16.3 Å². The minimum atomic E-state index is -0.138. The van der Waals surface area contributed by atoms with Crippen LogP contribution in [0.5, 0.6) is 0 Å². The Hall–Kier alpha value is -3.66. The van der Waals surface area contributed by atoms with Crippen LogP contribution in [0.3, 0.4) is 0 Å². The van der Waals surface area contributed by atoms with Gasteiger partial charge in [-0.25, -0.2) is 0 Å². The highest BCUT2D eigenvalue weighted by molar-refractivity contribution is 6.16. The fourth-order valence-corrected chi connectivity index (χ4v) is 3.18. The molecule has 0 spiro atoms. The van der Waals surface area contributed by atoms with Gasteiger partial charge in [-0.15, -0.1) is 0 Å². The SMILES string of the molecule is O=C(Cn1cc(C(=O)c2ccccc2)c2ccccc21)Nc1ccccc1. The number of para-hydroxylation sites is 2. The number of amides is 1. The zero-order chi connectivity index (χ0) is 18.6. The van der Waals surface area contributed by atoms with E-state index in [0.29, 0.717) is 11.1 Å².